The molecule has 3 fully saturated rings. The van der Waals surface area contributed by atoms with E-state index in [9.17, 15) is 47.3 Å². The number of fused-ring (bicyclic) bond motifs is 2. The highest BCUT2D eigenvalue weighted by molar-refractivity contribution is 7.90. The van der Waals surface area contributed by atoms with Gasteiger partial charge >= 0.3 is 0 Å². The normalized spacial score (nSPS) is 18.7. The smallest absolute Gasteiger partial charge is 0.293 e. The second-order valence-corrected chi connectivity index (χ2v) is 25.9. The zero-order valence-corrected chi connectivity index (χ0v) is 51.3. The monoisotopic (exact) mass is 1260 g/mol. The first-order chi connectivity index (χ1) is 43.3. The van der Waals surface area contributed by atoms with Crippen molar-refractivity contribution in [3.05, 3.63) is 152 Å². The maximum Gasteiger partial charge on any atom is 0.293 e. The summed E-state index contributed by atoms with van der Waals surface area (Å²) in [5.74, 6) is 2.18. The van der Waals surface area contributed by atoms with Gasteiger partial charge < -0.3 is 34.3 Å². The molecule has 2 aromatic heterocycles. The number of carbonyl (C=O) groups excluding carboxylic acids is 6. The van der Waals surface area contributed by atoms with Crippen molar-refractivity contribution in [2.24, 2.45) is 11.3 Å². The fraction of sp³-hybridized carbons (Fsp3) is 0.369. The summed E-state index contributed by atoms with van der Waals surface area (Å²) >= 11 is 6.27. The number of piperidine rings is 2. The average molecular weight is 1260 g/mol. The molecule has 0 saturated carbocycles. The van der Waals surface area contributed by atoms with Crippen molar-refractivity contribution in [3.63, 3.8) is 0 Å². The van der Waals surface area contributed by atoms with E-state index in [0.29, 0.717) is 55.4 Å². The number of aromatic nitrogens is 2. The summed E-state index contributed by atoms with van der Waals surface area (Å²) in [7, 11) is -4.70. The van der Waals surface area contributed by atoms with Gasteiger partial charge in [-0.25, -0.2) is 18.1 Å². The van der Waals surface area contributed by atoms with Crippen LogP contribution in [0.5, 0.6) is 11.5 Å². The molecule has 4 aliphatic heterocycles. The van der Waals surface area contributed by atoms with Crippen LogP contribution >= 0.6 is 11.6 Å². The summed E-state index contributed by atoms with van der Waals surface area (Å²) in [6, 6.07) is 23.5. The summed E-state index contributed by atoms with van der Waals surface area (Å²) in [6.07, 6.45) is 7.74. The van der Waals surface area contributed by atoms with Crippen LogP contribution in [0.4, 0.5) is 17.1 Å². The Balaban J connectivity index is 0.672. The maximum absolute atomic E-state index is 14.2. The third-order valence-electron chi connectivity index (χ3n) is 17.0. The number of H-pyrrole nitrogens is 1. The molecule has 468 valence electrons. The van der Waals surface area contributed by atoms with E-state index in [1.165, 1.54) is 47.2 Å². The minimum atomic E-state index is -4.70. The molecular formula is C65H67ClN10O13S. The number of nitro benzene ring substituents is 1. The van der Waals surface area contributed by atoms with E-state index in [-0.39, 0.29) is 96.7 Å². The Labute approximate surface area is 524 Å². The number of amides is 6. The molecule has 23 nitrogen and oxygen atoms in total. The number of ether oxygens (including phenoxy) is 3. The van der Waals surface area contributed by atoms with Crippen LogP contribution in [0.2, 0.25) is 5.02 Å². The Morgan fingerprint density at radius 2 is 1.71 bits per heavy atom. The van der Waals surface area contributed by atoms with Crippen molar-refractivity contribution in [1.29, 1.82) is 0 Å². The number of likely N-dealkylation sites (tertiary alicyclic amines) is 1. The molecule has 6 amide bonds. The Morgan fingerprint density at radius 1 is 0.911 bits per heavy atom. The van der Waals surface area contributed by atoms with Crippen LogP contribution in [-0.4, -0.2) is 158 Å². The van der Waals surface area contributed by atoms with E-state index in [1.54, 1.807) is 41.4 Å². The summed E-state index contributed by atoms with van der Waals surface area (Å²) in [4.78, 5) is 104. The Kier molecular flexibility index (Phi) is 18.8. The molecule has 25 heteroatoms. The Morgan fingerprint density at radius 3 is 2.50 bits per heavy atom. The van der Waals surface area contributed by atoms with Crippen LogP contribution in [-0.2, 0) is 33.9 Å². The van der Waals surface area contributed by atoms with Crippen LogP contribution in [0.1, 0.15) is 101 Å². The van der Waals surface area contributed by atoms with Crippen molar-refractivity contribution in [1.82, 2.24) is 34.7 Å². The van der Waals surface area contributed by atoms with Gasteiger partial charge in [-0.1, -0.05) is 61.1 Å². The van der Waals surface area contributed by atoms with Gasteiger partial charge in [0.15, 0.2) is 0 Å². The summed E-state index contributed by atoms with van der Waals surface area (Å²) in [5, 5.41) is 19.2. The third-order valence-corrected chi connectivity index (χ3v) is 18.5. The number of imide groups is 2. The molecule has 2 atom stereocenters. The van der Waals surface area contributed by atoms with E-state index in [1.807, 2.05) is 18.2 Å². The van der Waals surface area contributed by atoms with Gasteiger partial charge in [0.25, 0.3) is 33.4 Å². The molecule has 0 radical (unpaired) electrons. The van der Waals surface area contributed by atoms with Gasteiger partial charge in [0, 0.05) is 98.8 Å². The number of carbonyl (C=O) groups is 6. The fourth-order valence-electron chi connectivity index (χ4n) is 12.1. The molecule has 1 aliphatic carbocycles. The second-order valence-electron chi connectivity index (χ2n) is 23.7. The van der Waals surface area contributed by atoms with E-state index >= 15 is 0 Å². The largest absolute Gasteiger partial charge is 0.455 e. The quantitative estimate of drug-likeness (QED) is 0.0185. The predicted molar refractivity (Wildman–Crippen MR) is 334 cm³/mol. The number of nitrogens with one attached hydrogen (secondary N) is 4. The third kappa shape index (κ3) is 14.4. The van der Waals surface area contributed by atoms with Crippen molar-refractivity contribution in [2.75, 3.05) is 89.0 Å². The second kappa shape index (κ2) is 27.0. The molecule has 0 spiro atoms. The predicted octanol–water partition coefficient (Wildman–Crippen LogP) is 7.96. The number of hydrogen-bond acceptors (Lipinski definition) is 17. The number of anilines is 2. The number of rotatable bonds is 20. The van der Waals surface area contributed by atoms with E-state index in [2.05, 4.69) is 72.9 Å². The molecule has 0 bridgehead atoms. The first kappa shape index (κ1) is 62.6. The van der Waals surface area contributed by atoms with Gasteiger partial charge in [-0.05, 0) is 122 Å². The maximum atomic E-state index is 14.2. The summed E-state index contributed by atoms with van der Waals surface area (Å²) in [5.41, 5.74) is 5.49. The molecule has 4 aromatic carbocycles. The number of hydrogen-bond donors (Lipinski definition) is 4. The minimum Gasteiger partial charge on any atom is -0.455 e. The zero-order chi connectivity index (χ0) is 63.3. The molecule has 2 unspecified atom stereocenters. The summed E-state index contributed by atoms with van der Waals surface area (Å²) in [6.45, 7) is 9.32. The van der Waals surface area contributed by atoms with Gasteiger partial charge in [-0.15, -0.1) is 0 Å². The number of pyridine rings is 1. The highest BCUT2D eigenvalue weighted by Crippen LogP contribution is 2.44. The van der Waals surface area contributed by atoms with Crippen LogP contribution in [0.3, 0.4) is 0 Å². The number of benzene rings is 4. The van der Waals surface area contributed by atoms with Crippen molar-refractivity contribution < 1.29 is 56.3 Å². The molecule has 6 heterocycles. The lowest BCUT2D eigenvalue weighted by Crippen LogP contribution is -2.54. The number of nitrogens with zero attached hydrogens (tertiary/aromatic N) is 6. The number of nitro groups is 1. The zero-order valence-electron chi connectivity index (χ0n) is 49.7. The lowest BCUT2D eigenvalue weighted by Gasteiger charge is -2.39. The van der Waals surface area contributed by atoms with Crippen molar-refractivity contribution in [3.8, 4) is 23.3 Å². The van der Waals surface area contributed by atoms with Crippen LogP contribution < -0.4 is 25.0 Å². The number of allylic oxidation sites excluding steroid dienone is 1. The number of aromatic amines is 1. The minimum absolute atomic E-state index is 0.000596. The molecule has 11 rings (SSSR count). The van der Waals surface area contributed by atoms with Gasteiger partial charge in [0.05, 0.1) is 45.9 Å². The first-order valence-corrected chi connectivity index (χ1v) is 31.7. The van der Waals surface area contributed by atoms with Gasteiger partial charge in [-0.3, -0.25) is 54.0 Å². The molecule has 90 heavy (non-hydrogen) atoms. The lowest BCUT2D eigenvalue weighted by atomic mass is 9.72. The van der Waals surface area contributed by atoms with Gasteiger partial charge in [0.1, 0.15) is 42.1 Å². The van der Waals surface area contributed by atoms with Crippen LogP contribution in [0.15, 0.2) is 114 Å². The highest BCUT2D eigenvalue weighted by Gasteiger charge is 2.45. The topological polar surface area (TPSA) is 285 Å². The van der Waals surface area contributed by atoms with Gasteiger partial charge in [-0.2, -0.15) is 0 Å². The van der Waals surface area contributed by atoms with Crippen molar-refractivity contribution >= 4 is 90.7 Å². The molecular weight excluding hydrogens is 1200 g/mol. The van der Waals surface area contributed by atoms with E-state index in [4.69, 9.17) is 25.8 Å². The molecule has 4 N–H and O–H groups in total. The molecule has 5 aliphatic rings. The fourth-order valence-corrected chi connectivity index (χ4v) is 13.3. The first-order valence-electron chi connectivity index (χ1n) is 29.8. The van der Waals surface area contributed by atoms with E-state index in [0.717, 1.165) is 60.9 Å². The average Bonchev–Trinajstić information content (AvgIpc) is 1.65. The van der Waals surface area contributed by atoms with Crippen LogP contribution in [0, 0.1) is 33.3 Å². The lowest BCUT2D eigenvalue weighted by molar-refractivity contribution is -0.384. The standard InChI is InChI=1S/C65H67ClN10O13S/c1-65(2)22-20-45(52(35-65)42-10-12-46(66)13-11-42)39-72-25-27-73(28-26-72)47-14-16-50(56(33-47)89-48-32-44-21-23-67-60(44)69-37-48)61(79)71-90(85,86)49-15-17-53(55(34-49)76(83)84)68-36-41-6-4-24-74(38-41)58(78)40-88-31-30-87-29-5-8-43-7-3-9-51-59(43)64(82)75(63(51)81)54-18-19-57(77)70-62(54)80/h3,7,9-17,21,23,32-34,37,41,54,68H,4,6,18-20,22,24-31,35-36,38-40H2,1-2H3,(H,67,69)(H,71,79)(H,70,77,80). The van der Waals surface area contributed by atoms with Crippen LogP contribution in [0.25, 0.3) is 16.6 Å². The number of halogens is 1. The Hall–Kier alpha value is -8.99. The van der Waals surface area contributed by atoms with Gasteiger partial charge in [0.2, 0.25) is 17.7 Å². The highest BCUT2D eigenvalue weighted by atomic mass is 35.5. The number of sulfonamides is 1. The van der Waals surface area contributed by atoms with E-state index < -0.39 is 61.1 Å². The molecule has 3 saturated heterocycles. The molecule has 6 aromatic rings. The SMILES string of the molecule is CC1(C)CCC(CN2CCN(c3ccc(C(=O)NS(=O)(=O)c4ccc(NCC5CCCN(C(=O)COCCOCC#Cc6cccc7c6C(=O)N(C6CCC(=O)NC6=O)C7=O)C5)c([N+](=O)[O-])c4)c(Oc4cnc5[nH]ccc5c4)c3)CC2)=C(c2ccc(Cl)cc2)C1. The van der Waals surface area contributed by atoms with Crippen molar-refractivity contribution in [2.45, 2.75) is 69.7 Å². The number of piperazine rings is 1. The summed E-state index contributed by atoms with van der Waals surface area (Å²) < 4.78 is 47.6. The Bertz CT molecular complexity index is 4040.